The summed E-state index contributed by atoms with van der Waals surface area (Å²) in [6, 6.07) is 8.42. The molecule has 1 aromatic heterocycles. The number of nitrogens with one attached hydrogen (secondary N) is 1. The Labute approximate surface area is 93.9 Å². The van der Waals surface area contributed by atoms with Gasteiger partial charge in [0.2, 0.25) is 16.3 Å². The van der Waals surface area contributed by atoms with Gasteiger partial charge in [-0.25, -0.2) is 0 Å². The molecule has 0 unspecified atom stereocenters. The zero-order valence-corrected chi connectivity index (χ0v) is 10.2. The van der Waals surface area contributed by atoms with Gasteiger partial charge in [-0.15, -0.1) is 0 Å². The third-order valence-electron chi connectivity index (χ3n) is 2.20. The van der Waals surface area contributed by atoms with Gasteiger partial charge in [0.25, 0.3) is 0 Å². The van der Waals surface area contributed by atoms with E-state index in [0.717, 1.165) is 6.42 Å². The fraction of sp³-hybridized carbons (Fsp3) is 0.333. The Morgan fingerprint density at radius 2 is 1.86 bits per heavy atom. The minimum Gasteiger partial charge on any atom is -0.377 e. The average molecular weight is 201 g/mol. The lowest BCUT2D eigenvalue weighted by Gasteiger charge is -1.94. The second-order valence-corrected chi connectivity index (χ2v) is 3.49. The summed E-state index contributed by atoms with van der Waals surface area (Å²) in [7, 11) is 0. The van der Waals surface area contributed by atoms with E-state index >= 15 is 0 Å². The number of para-hydroxylation sites is 1. The van der Waals surface area contributed by atoms with Crippen LogP contribution >= 0.6 is 0 Å². The number of aryl methyl sites for hydroxylation is 1. The first-order chi connectivity index (χ1) is 6.83. The van der Waals surface area contributed by atoms with E-state index in [2.05, 4.69) is 52.5 Å². The summed E-state index contributed by atoms with van der Waals surface area (Å²) in [5, 5.41) is 1.35. The predicted molar refractivity (Wildman–Crippen MR) is 64.4 cm³/mol. The summed E-state index contributed by atoms with van der Waals surface area (Å²) in [4.78, 5) is 3.34. The fourth-order valence-corrected chi connectivity index (χ4v) is 2.12. The summed E-state index contributed by atoms with van der Waals surface area (Å²) < 4.78 is 1.22. The Kier molecular flexibility index (Phi) is 4.26. The van der Waals surface area contributed by atoms with Crippen molar-refractivity contribution in [2.24, 2.45) is 0 Å². The third kappa shape index (κ3) is 2.03. The lowest BCUT2D eigenvalue weighted by molar-refractivity contribution is 1.17. The van der Waals surface area contributed by atoms with Crippen LogP contribution in [-0.4, -0.2) is 21.3 Å². The van der Waals surface area contributed by atoms with Crippen molar-refractivity contribution >= 4 is 31.7 Å². The Morgan fingerprint density at radius 1 is 1.21 bits per heavy atom. The lowest BCUT2D eigenvalue weighted by atomic mass is 10.1. The molecule has 0 atom stereocenters. The molecule has 1 nitrogen and oxygen atoms in total. The van der Waals surface area contributed by atoms with Crippen LogP contribution in [0.4, 0.5) is 0 Å². The van der Waals surface area contributed by atoms with E-state index in [0.29, 0.717) is 0 Å². The summed E-state index contributed by atoms with van der Waals surface area (Å²) in [6.45, 7) is 6.18. The molecular formula is C12H16AlN. The van der Waals surface area contributed by atoms with E-state index in [1.165, 1.54) is 21.0 Å². The van der Waals surface area contributed by atoms with Crippen molar-refractivity contribution in [1.29, 1.82) is 0 Å². The second-order valence-electron chi connectivity index (χ2n) is 2.92. The van der Waals surface area contributed by atoms with Crippen LogP contribution in [0.1, 0.15) is 26.3 Å². The molecule has 0 aliphatic rings. The van der Waals surface area contributed by atoms with E-state index in [1.807, 2.05) is 13.8 Å². The first-order valence-corrected chi connectivity index (χ1v) is 5.75. The van der Waals surface area contributed by atoms with Gasteiger partial charge in [0, 0.05) is 10.9 Å². The zero-order chi connectivity index (χ0) is 10.6. The van der Waals surface area contributed by atoms with Gasteiger partial charge >= 0.3 is 0 Å². The van der Waals surface area contributed by atoms with Crippen LogP contribution < -0.4 is 4.56 Å². The number of H-pyrrole nitrogens is 1. The molecule has 2 aromatic rings. The maximum atomic E-state index is 3.34. The van der Waals surface area contributed by atoms with Crippen LogP contribution in [-0.2, 0) is 6.42 Å². The molecule has 0 amide bonds. The van der Waals surface area contributed by atoms with Gasteiger partial charge in [-0.1, -0.05) is 43.5 Å². The second kappa shape index (κ2) is 5.24. The molecule has 0 saturated carbocycles. The molecule has 1 aromatic carbocycles. The van der Waals surface area contributed by atoms with E-state index in [4.69, 9.17) is 0 Å². The van der Waals surface area contributed by atoms with Crippen LogP contribution in [0.15, 0.2) is 24.3 Å². The Morgan fingerprint density at radius 3 is 2.50 bits per heavy atom. The molecule has 1 N–H and O–H groups in total. The standard InChI is InChI=1S/C10H10N.C2H6.Al/c1-2-8-7-11-10-6-4-3-5-9(8)10;1-2;/h3-6,11H,2H2,1H3;1-2H3;. The molecule has 0 saturated heterocycles. The smallest absolute Gasteiger partial charge is 0.206 e. The number of hydrogen-bond donors (Lipinski definition) is 1. The van der Waals surface area contributed by atoms with Gasteiger partial charge < -0.3 is 4.98 Å². The summed E-state index contributed by atoms with van der Waals surface area (Å²) in [5.41, 5.74) is 2.65. The highest BCUT2D eigenvalue weighted by atomic mass is 27.0. The van der Waals surface area contributed by atoms with Gasteiger partial charge in [0.1, 0.15) is 0 Å². The third-order valence-corrected chi connectivity index (χ3v) is 2.69. The highest BCUT2D eigenvalue weighted by Crippen LogP contribution is 2.15. The van der Waals surface area contributed by atoms with Crippen LogP contribution in [0.3, 0.4) is 0 Å². The minimum absolute atomic E-state index is 1.09. The molecule has 72 valence electrons. The van der Waals surface area contributed by atoms with Crippen molar-refractivity contribution in [3.63, 3.8) is 0 Å². The van der Waals surface area contributed by atoms with E-state index in [1.54, 1.807) is 0 Å². The van der Waals surface area contributed by atoms with Crippen molar-refractivity contribution < 1.29 is 0 Å². The summed E-state index contributed by atoms with van der Waals surface area (Å²) in [5.74, 6) is 0. The SMILES string of the molecule is CC.CCc1[c]([Al])[nH]c2ccccc12. The van der Waals surface area contributed by atoms with E-state index in [9.17, 15) is 0 Å². The maximum Gasteiger partial charge on any atom is 0.206 e. The molecule has 2 radical (unpaired) electrons. The molecule has 0 spiro atoms. The van der Waals surface area contributed by atoms with E-state index in [-0.39, 0.29) is 0 Å². The average Bonchev–Trinajstić information content (AvgIpc) is 2.56. The Bertz CT molecular complexity index is 404. The number of aromatic amines is 1. The number of fused-ring (bicyclic) bond motifs is 1. The number of benzene rings is 1. The van der Waals surface area contributed by atoms with E-state index < -0.39 is 0 Å². The summed E-state index contributed by atoms with van der Waals surface area (Å²) >= 11 is 2.75. The monoisotopic (exact) mass is 201 g/mol. The molecule has 2 heteroatoms. The molecule has 14 heavy (non-hydrogen) atoms. The van der Waals surface area contributed by atoms with Gasteiger partial charge in [-0.2, -0.15) is 0 Å². The zero-order valence-electron chi connectivity index (χ0n) is 9.09. The van der Waals surface area contributed by atoms with Crippen molar-refractivity contribution in [2.45, 2.75) is 27.2 Å². The quantitative estimate of drug-likeness (QED) is 0.682. The van der Waals surface area contributed by atoms with Crippen molar-refractivity contribution in [3.8, 4) is 0 Å². The molecule has 2 rings (SSSR count). The minimum atomic E-state index is 1.09. The van der Waals surface area contributed by atoms with Crippen LogP contribution in [0, 0.1) is 0 Å². The molecule has 0 aliphatic heterocycles. The largest absolute Gasteiger partial charge is 0.377 e. The highest BCUT2D eigenvalue weighted by Gasteiger charge is 2.02. The molecule has 0 fully saturated rings. The number of aromatic nitrogens is 1. The first-order valence-electron chi connectivity index (χ1n) is 5.18. The van der Waals surface area contributed by atoms with Crippen LogP contribution in [0.5, 0.6) is 0 Å². The van der Waals surface area contributed by atoms with Gasteiger partial charge in [-0.3, -0.25) is 0 Å². The topological polar surface area (TPSA) is 15.8 Å². The molecule has 1 heterocycles. The van der Waals surface area contributed by atoms with Crippen LogP contribution in [0.2, 0.25) is 0 Å². The predicted octanol–water partition coefficient (Wildman–Crippen LogP) is 2.55. The normalized spacial score (nSPS) is 9.64. The lowest BCUT2D eigenvalue weighted by Crippen LogP contribution is -2.07. The van der Waals surface area contributed by atoms with Crippen molar-refractivity contribution in [2.75, 3.05) is 0 Å². The summed E-state index contributed by atoms with van der Waals surface area (Å²) in [6.07, 6.45) is 1.09. The Balaban J connectivity index is 0.000000461. The Hall–Kier alpha value is -0.708. The number of hydrogen-bond acceptors (Lipinski definition) is 0. The van der Waals surface area contributed by atoms with Gasteiger partial charge in [-0.05, 0) is 18.1 Å². The van der Waals surface area contributed by atoms with Crippen molar-refractivity contribution in [3.05, 3.63) is 29.8 Å². The highest BCUT2D eigenvalue weighted by molar-refractivity contribution is 6.33. The van der Waals surface area contributed by atoms with Crippen LogP contribution in [0.25, 0.3) is 10.9 Å². The molecular weight excluding hydrogens is 185 g/mol. The number of rotatable bonds is 1. The van der Waals surface area contributed by atoms with Gasteiger partial charge in [0.05, 0.1) is 0 Å². The first kappa shape index (κ1) is 11.4. The molecule has 0 aliphatic carbocycles. The fourth-order valence-electron chi connectivity index (χ4n) is 1.60. The molecule has 0 bridgehead atoms. The van der Waals surface area contributed by atoms with Crippen molar-refractivity contribution in [1.82, 2.24) is 4.98 Å². The maximum absolute atomic E-state index is 3.34. The van der Waals surface area contributed by atoms with Gasteiger partial charge in [0.15, 0.2) is 0 Å².